The van der Waals surface area contributed by atoms with E-state index >= 15 is 4.39 Å². The van der Waals surface area contributed by atoms with Gasteiger partial charge in [-0.15, -0.1) is 10.2 Å². The molecule has 2 atom stereocenters. The molecule has 0 unspecified atom stereocenters. The SMILES string of the molecule is Cc1nnn([C@@H](c2ccc3ccccc3c2F)[C@H]2CCCNC2)n1. The van der Waals surface area contributed by atoms with Gasteiger partial charge in [-0.25, -0.2) is 4.39 Å². The van der Waals surface area contributed by atoms with Crippen molar-refractivity contribution >= 4 is 10.8 Å². The van der Waals surface area contributed by atoms with E-state index in [9.17, 15) is 0 Å². The first kappa shape index (κ1) is 15.2. The van der Waals surface area contributed by atoms with E-state index in [1.807, 2.05) is 36.4 Å². The van der Waals surface area contributed by atoms with Gasteiger partial charge in [-0.05, 0) is 42.8 Å². The summed E-state index contributed by atoms with van der Waals surface area (Å²) >= 11 is 0. The summed E-state index contributed by atoms with van der Waals surface area (Å²) in [6.45, 7) is 3.64. The molecule has 4 rings (SSSR count). The van der Waals surface area contributed by atoms with Crippen molar-refractivity contribution in [1.82, 2.24) is 25.5 Å². The Labute approximate surface area is 139 Å². The number of hydrogen-bond acceptors (Lipinski definition) is 4. The van der Waals surface area contributed by atoms with Crippen LogP contribution in [0.4, 0.5) is 4.39 Å². The number of fused-ring (bicyclic) bond motifs is 1. The first-order valence-corrected chi connectivity index (χ1v) is 8.38. The van der Waals surface area contributed by atoms with Crippen molar-refractivity contribution in [3.63, 3.8) is 0 Å². The molecule has 1 fully saturated rings. The fourth-order valence-electron chi connectivity index (χ4n) is 3.61. The van der Waals surface area contributed by atoms with Crippen LogP contribution in [-0.4, -0.2) is 33.3 Å². The van der Waals surface area contributed by atoms with E-state index in [0.29, 0.717) is 16.8 Å². The summed E-state index contributed by atoms with van der Waals surface area (Å²) in [4.78, 5) is 1.58. The number of benzene rings is 2. The standard InChI is InChI=1S/C18H20FN5/c1-12-21-23-24(22-12)18(14-6-4-10-20-11-14)16-9-8-13-5-2-3-7-15(13)17(16)19/h2-3,5,7-9,14,18,20H,4,6,10-11H2,1H3/t14-,18+/m0/s1. The summed E-state index contributed by atoms with van der Waals surface area (Å²) in [7, 11) is 0. The van der Waals surface area contributed by atoms with Crippen LogP contribution < -0.4 is 5.32 Å². The third-order valence-corrected chi connectivity index (χ3v) is 4.77. The van der Waals surface area contributed by atoms with Gasteiger partial charge in [0.2, 0.25) is 0 Å². The van der Waals surface area contributed by atoms with E-state index in [2.05, 4.69) is 20.7 Å². The van der Waals surface area contributed by atoms with Gasteiger partial charge >= 0.3 is 0 Å². The maximum atomic E-state index is 15.3. The topological polar surface area (TPSA) is 55.6 Å². The van der Waals surface area contributed by atoms with Crippen LogP contribution in [0.3, 0.4) is 0 Å². The summed E-state index contributed by atoms with van der Waals surface area (Å²) in [5.41, 5.74) is 0.639. The van der Waals surface area contributed by atoms with Gasteiger partial charge in [0.05, 0.1) is 0 Å². The second-order valence-electron chi connectivity index (χ2n) is 6.40. The molecule has 3 aromatic rings. The molecule has 1 aliphatic rings. The molecule has 0 bridgehead atoms. The molecule has 6 heteroatoms. The summed E-state index contributed by atoms with van der Waals surface area (Å²) in [5.74, 6) is 0.659. The van der Waals surface area contributed by atoms with Crippen LogP contribution in [0, 0.1) is 18.7 Å². The number of piperidine rings is 1. The fraction of sp³-hybridized carbons (Fsp3) is 0.389. The maximum Gasteiger partial charge on any atom is 0.171 e. The summed E-state index contributed by atoms with van der Waals surface area (Å²) in [6, 6.07) is 11.1. The number of hydrogen-bond donors (Lipinski definition) is 1. The Kier molecular flexibility index (Phi) is 3.98. The second-order valence-corrected chi connectivity index (χ2v) is 6.40. The zero-order chi connectivity index (χ0) is 16.5. The highest BCUT2D eigenvalue weighted by atomic mass is 19.1. The fourth-order valence-corrected chi connectivity index (χ4v) is 3.61. The van der Waals surface area contributed by atoms with Crippen molar-refractivity contribution < 1.29 is 4.39 Å². The van der Waals surface area contributed by atoms with E-state index in [1.165, 1.54) is 0 Å². The molecule has 24 heavy (non-hydrogen) atoms. The van der Waals surface area contributed by atoms with Crippen molar-refractivity contribution in [3.8, 4) is 0 Å². The average molecular weight is 325 g/mol. The van der Waals surface area contributed by atoms with Crippen molar-refractivity contribution in [3.05, 3.63) is 53.6 Å². The van der Waals surface area contributed by atoms with Crippen molar-refractivity contribution in [2.24, 2.45) is 5.92 Å². The van der Waals surface area contributed by atoms with Gasteiger partial charge in [0, 0.05) is 17.5 Å². The summed E-state index contributed by atoms with van der Waals surface area (Å²) in [6.07, 6.45) is 2.09. The highest BCUT2D eigenvalue weighted by molar-refractivity contribution is 5.83. The molecular formula is C18H20FN5. The number of aryl methyl sites for hydroxylation is 1. The van der Waals surface area contributed by atoms with Gasteiger partial charge in [0.25, 0.3) is 0 Å². The Hall–Kier alpha value is -2.34. The number of tetrazole rings is 1. The van der Waals surface area contributed by atoms with Gasteiger partial charge in [0.1, 0.15) is 11.9 Å². The number of nitrogens with one attached hydrogen (secondary N) is 1. The Morgan fingerprint density at radius 1 is 1.25 bits per heavy atom. The highest BCUT2D eigenvalue weighted by Gasteiger charge is 2.31. The Morgan fingerprint density at radius 2 is 2.12 bits per heavy atom. The van der Waals surface area contributed by atoms with Crippen LogP contribution in [0.2, 0.25) is 0 Å². The quantitative estimate of drug-likeness (QED) is 0.804. The van der Waals surface area contributed by atoms with Crippen LogP contribution in [0.5, 0.6) is 0 Å². The van der Waals surface area contributed by atoms with E-state index < -0.39 is 0 Å². The Bertz CT molecular complexity index is 853. The van der Waals surface area contributed by atoms with E-state index in [1.54, 1.807) is 11.7 Å². The van der Waals surface area contributed by atoms with Gasteiger partial charge < -0.3 is 5.32 Å². The molecule has 0 amide bonds. The van der Waals surface area contributed by atoms with E-state index in [-0.39, 0.29) is 17.8 Å². The molecule has 0 spiro atoms. The zero-order valence-corrected chi connectivity index (χ0v) is 13.6. The molecule has 1 saturated heterocycles. The summed E-state index contributed by atoms with van der Waals surface area (Å²) < 4.78 is 15.3. The molecule has 0 radical (unpaired) electrons. The normalized spacial score (nSPS) is 19.5. The third-order valence-electron chi connectivity index (χ3n) is 4.77. The third kappa shape index (κ3) is 2.67. The summed E-state index contributed by atoms with van der Waals surface area (Å²) in [5, 5.41) is 17.5. The predicted molar refractivity (Wildman–Crippen MR) is 90.2 cm³/mol. The van der Waals surface area contributed by atoms with Crippen LogP contribution >= 0.6 is 0 Å². The predicted octanol–water partition coefficient (Wildman–Crippen LogP) is 2.86. The van der Waals surface area contributed by atoms with Crippen molar-refractivity contribution in [2.45, 2.75) is 25.8 Å². The van der Waals surface area contributed by atoms with Gasteiger partial charge in [-0.1, -0.05) is 36.4 Å². The molecule has 0 aliphatic carbocycles. The number of halogens is 1. The first-order valence-electron chi connectivity index (χ1n) is 8.38. The van der Waals surface area contributed by atoms with Crippen molar-refractivity contribution in [1.29, 1.82) is 0 Å². The van der Waals surface area contributed by atoms with E-state index in [4.69, 9.17) is 0 Å². The van der Waals surface area contributed by atoms with Crippen LogP contribution in [-0.2, 0) is 0 Å². The van der Waals surface area contributed by atoms with Crippen LogP contribution in [0.25, 0.3) is 10.8 Å². The van der Waals surface area contributed by atoms with Crippen LogP contribution in [0.15, 0.2) is 36.4 Å². The second kappa shape index (κ2) is 6.28. The lowest BCUT2D eigenvalue weighted by Crippen LogP contribution is -2.36. The molecule has 124 valence electrons. The van der Waals surface area contributed by atoms with Crippen LogP contribution in [0.1, 0.15) is 30.3 Å². The zero-order valence-electron chi connectivity index (χ0n) is 13.6. The van der Waals surface area contributed by atoms with Gasteiger partial charge in [0.15, 0.2) is 5.82 Å². The van der Waals surface area contributed by atoms with Gasteiger partial charge in [-0.2, -0.15) is 4.80 Å². The molecule has 5 nitrogen and oxygen atoms in total. The number of aromatic nitrogens is 4. The first-order chi connectivity index (χ1) is 11.7. The van der Waals surface area contributed by atoms with E-state index in [0.717, 1.165) is 31.3 Å². The molecule has 2 aromatic carbocycles. The monoisotopic (exact) mass is 325 g/mol. The Balaban J connectivity index is 1.85. The average Bonchev–Trinajstić information content (AvgIpc) is 3.04. The lowest BCUT2D eigenvalue weighted by Gasteiger charge is -2.30. The number of rotatable bonds is 3. The minimum Gasteiger partial charge on any atom is -0.316 e. The molecule has 1 N–H and O–H groups in total. The largest absolute Gasteiger partial charge is 0.316 e. The smallest absolute Gasteiger partial charge is 0.171 e. The van der Waals surface area contributed by atoms with Gasteiger partial charge in [-0.3, -0.25) is 0 Å². The maximum absolute atomic E-state index is 15.3. The lowest BCUT2D eigenvalue weighted by molar-refractivity contribution is 0.256. The number of nitrogens with zero attached hydrogens (tertiary/aromatic N) is 4. The molecular weight excluding hydrogens is 305 g/mol. The molecule has 2 heterocycles. The molecule has 1 aromatic heterocycles. The minimum absolute atomic E-state index is 0.182. The molecule has 0 saturated carbocycles. The van der Waals surface area contributed by atoms with Crippen molar-refractivity contribution in [2.75, 3.05) is 13.1 Å². The lowest BCUT2D eigenvalue weighted by atomic mass is 9.86. The molecule has 1 aliphatic heterocycles. The highest BCUT2D eigenvalue weighted by Crippen LogP contribution is 2.34. The Morgan fingerprint density at radius 3 is 2.88 bits per heavy atom. The minimum atomic E-state index is -0.247.